The number of thiazole rings is 1. The average molecular weight is 280 g/mol. The molecule has 0 amide bonds. The van der Waals surface area contributed by atoms with E-state index in [1.807, 2.05) is 38.8 Å². The molecule has 6 heteroatoms. The summed E-state index contributed by atoms with van der Waals surface area (Å²) in [6.07, 6.45) is 4.53. The van der Waals surface area contributed by atoms with Crippen LogP contribution in [0.3, 0.4) is 0 Å². The van der Waals surface area contributed by atoms with Gasteiger partial charge < -0.3 is 10.5 Å². The van der Waals surface area contributed by atoms with Gasteiger partial charge in [0.1, 0.15) is 6.10 Å². The van der Waals surface area contributed by atoms with E-state index in [9.17, 15) is 0 Å². The molecular formula is C13H20N4OS. The molecule has 0 aromatic carbocycles. The van der Waals surface area contributed by atoms with Crippen molar-refractivity contribution in [3.63, 3.8) is 0 Å². The maximum Gasteiger partial charge on any atom is 0.100 e. The Morgan fingerprint density at radius 3 is 2.84 bits per heavy atom. The second-order valence-electron chi connectivity index (χ2n) is 4.71. The lowest BCUT2D eigenvalue weighted by atomic mass is 10.1. The standard InChI is InChI=1S/C13H20N4OS/c1-9(14)13(11-6-16-17(3)7-11)18-5-4-12-10(2)15-8-19-12/h6-9,13H,4-5,14H2,1-3H3. The van der Waals surface area contributed by atoms with Gasteiger partial charge >= 0.3 is 0 Å². The molecule has 2 unspecified atom stereocenters. The summed E-state index contributed by atoms with van der Waals surface area (Å²) in [6.45, 7) is 4.62. The van der Waals surface area contributed by atoms with Crippen LogP contribution in [0.4, 0.5) is 0 Å². The van der Waals surface area contributed by atoms with E-state index in [2.05, 4.69) is 10.1 Å². The quantitative estimate of drug-likeness (QED) is 0.876. The van der Waals surface area contributed by atoms with Crippen molar-refractivity contribution >= 4 is 11.3 Å². The fraction of sp³-hybridized carbons (Fsp3) is 0.538. The largest absolute Gasteiger partial charge is 0.371 e. The average Bonchev–Trinajstić information content (AvgIpc) is 2.94. The summed E-state index contributed by atoms with van der Waals surface area (Å²) in [5, 5.41) is 4.17. The summed E-state index contributed by atoms with van der Waals surface area (Å²) in [6, 6.07) is -0.0632. The Morgan fingerprint density at radius 2 is 2.32 bits per heavy atom. The van der Waals surface area contributed by atoms with Crippen molar-refractivity contribution in [3.05, 3.63) is 34.0 Å². The van der Waals surface area contributed by atoms with Crippen LogP contribution in [0.5, 0.6) is 0 Å². The van der Waals surface area contributed by atoms with Crippen molar-refractivity contribution in [3.8, 4) is 0 Å². The molecule has 0 aliphatic heterocycles. The minimum atomic E-state index is -0.109. The Balaban J connectivity index is 1.93. The zero-order valence-corrected chi connectivity index (χ0v) is 12.4. The molecule has 2 heterocycles. The third-order valence-corrected chi connectivity index (χ3v) is 4.00. The summed E-state index contributed by atoms with van der Waals surface area (Å²) in [4.78, 5) is 5.51. The van der Waals surface area contributed by atoms with Crippen LogP contribution in [0.2, 0.25) is 0 Å². The van der Waals surface area contributed by atoms with Gasteiger partial charge in [-0.05, 0) is 13.8 Å². The summed E-state index contributed by atoms with van der Waals surface area (Å²) in [5.74, 6) is 0. The summed E-state index contributed by atoms with van der Waals surface area (Å²) < 4.78 is 7.70. The predicted octanol–water partition coefficient (Wildman–Crippen LogP) is 1.83. The zero-order chi connectivity index (χ0) is 13.8. The van der Waals surface area contributed by atoms with Gasteiger partial charge in [0.15, 0.2) is 0 Å². The molecule has 2 aromatic heterocycles. The lowest BCUT2D eigenvalue weighted by Gasteiger charge is -2.20. The molecule has 5 nitrogen and oxygen atoms in total. The molecule has 0 spiro atoms. The van der Waals surface area contributed by atoms with Crippen LogP contribution in [0.1, 0.15) is 29.2 Å². The molecule has 0 saturated heterocycles. The van der Waals surface area contributed by atoms with Crippen molar-refractivity contribution in [2.75, 3.05) is 6.61 Å². The Bertz CT molecular complexity index is 520. The van der Waals surface area contributed by atoms with Crippen molar-refractivity contribution in [1.29, 1.82) is 0 Å². The second kappa shape index (κ2) is 6.27. The van der Waals surface area contributed by atoms with Gasteiger partial charge in [0.2, 0.25) is 0 Å². The van der Waals surface area contributed by atoms with Crippen molar-refractivity contribution in [2.45, 2.75) is 32.4 Å². The minimum absolute atomic E-state index is 0.0632. The molecule has 0 aliphatic rings. The van der Waals surface area contributed by atoms with Gasteiger partial charge in [-0.3, -0.25) is 4.68 Å². The Hall–Kier alpha value is -1.24. The van der Waals surface area contributed by atoms with Crippen LogP contribution in [-0.4, -0.2) is 27.4 Å². The number of nitrogens with zero attached hydrogens (tertiary/aromatic N) is 3. The molecule has 19 heavy (non-hydrogen) atoms. The molecule has 0 bridgehead atoms. The highest BCUT2D eigenvalue weighted by molar-refractivity contribution is 7.09. The van der Waals surface area contributed by atoms with E-state index in [1.165, 1.54) is 4.88 Å². The summed E-state index contributed by atoms with van der Waals surface area (Å²) in [5.41, 5.74) is 9.98. The molecular weight excluding hydrogens is 260 g/mol. The fourth-order valence-electron chi connectivity index (χ4n) is 1.98. The van der Waals surface area contributed by atoms with Crippen molar-refractivity contribution in [1.82, 2.24) is 14.8 Å². The van der Waals surface area contributed by atoms with Crippen LogP contribution < -0.4 is 5.73 Å². The third-order valence-electron chi connectivity index (χ3n) is 3.00. The normalized spacial score (nSPS) is 14.5. The first-order valence-electron chi connectivity index (χ1n) is 6.32. The molecule has 0 radical (unpaired) electrons. The van der Waals surface area contributed by atoms with Crippen LogP contribution >= 0.6 is 11.3 Å². The topological polar surface area (TPSA) is 66.0 Å². The highest BCUT2D eigenvalue weighted by Crippen LogP contribution is 2.21. The molecule has 0 aliphatic carbocycles. The highest BCUT2D eigenvalue weighted by Gasteiger charge is 2.18. The smallest absolute Gasteiger partial charge is 0.100 e. The van der Waals surface area contributed by atoms with Gasteiger partial charge in [-0.15, -0.1) is 11.3 Å². The van der Waals surface area contributed by atoms with E-state index in [0.29, 0.717) is 6.61 Å². The number of hydrogen-bond acceptors (Lipinski definition) is 5. The van der Waals surface area contributed by atoms with Crippen molar-refractivity contribution in [2.24, 2.45) is 12.8 Å². The first kappa shape index (κ1) is 14.2. The number of aryl methyl sites for hydroxylation is 2. The molecule has 2 rings (SSSR count). The highest BCUT2D eigenvalue weighted by atomic mass is 32.1. The van der Waals surface area contributed by atoms with E-state index in [-0.39, 0.29) is 12.1 Å². The van der Waals surface area contributed by atoms with E-state index in [0.717, 1.165) is 17.7 Å². The predicted molar refractivity (Wildman–Crippen MR) is 76.1 cm³/mol. The second-order valence-corrected chi connectivity index (χ2v) is 5.65. The van der Waals surface area contributed by atoms with E-state index in [4.69, 9.17) is 10.5 Å². The van der Waals surface area contributed by atoms with E-state index >= 15 is 0 Å². The Kier molecular flexibility index (Phi) is 4.68. The zero-order valence-electron chi connectivity index (χ0n) is 11.5. The monoisotopic (exact) mass is 280 g/mol. The van der Waals surface area contributed by atoms with Crippen LogP contribution in [0.15, 0.2) is 17.9 Å². The first-order chi connectivity index (χ1) is 9.08. The van der Waals surface area contributed by atoms with Crippen LogP contribution in [0.25, 0.3) is 0 Å². The number of hydrogen-bond donors (Lipinski definition) is 1. The maximum absolute atomic E-state index is 6.00. The van der Waals surface area contributed by atoms with E-state index in [1.54, 1.807) is 16.0 Å². The molecule has 2 atom stereocenters. The summed E-state index contributed by atoms with van der Waals surface area (Å²) in [7, 11) is 1.89. The molecule has 2 N–H and O–H groups in total. The first-order valence-corrected chi connectivity index (χ1v) is 7.20. The van der Waals surface area contributed by atoms with Gasteiger partial charge in [0.05, 0.1) is 24.0 Å². The van der Waals surface area contributed by atoms with Gasteiger partial charge in [-0.25, -0.2) is 4.98 Å². The maximum atomic E-state index is 6.00. The third kappa shape index (κ3) is 3.62. The Labute approximate surface area is 117 Å². The lowest BCUT2D eigenvalue weighted by molar-refractivity contribution is 0.0405. The summed E-state index contributed by atoms with van der Waals surface area (Å²) >= 11 is 1.67. The fourth-order valence-corrected chi connectivity index (χ4v) is 2.75. The Morgan fingerprint density at radius 1 is 1.53 bits per heavy atom. The van der Waals surface area contributed by atoms with Crippen LogP contribution in [-0.2, 0) is 18.2 Å². The molecule has 104 valence electrons. The van der Waals surface area contributed by atoms with Gasteiger partial charge in [0.25, 0.3) is 0 Å². The lowest BCUT2D eigenvalue weighted by Crippen LogP contribution is -2.27. The van der Waals surface area contributed by atoms with Gasteiger partial charge in [-0.2, -0.15) is 5.10 Å². The number of aromatic nitrogens is 3. The minimum Gasteiger partial charge on any atom is -0.371 e. The SMILES string of the molecule is Cc1ncsc1CCOC(c1cnn(C)c1)C(C)N. The number of ether oxygens (including phenoxy) is 1. The van der Waals surface area contributed by atoms with Crippen LogP contribution in [0, 0.1) is 6.92 Å². The van der Waals surface area contributed by atoms with Crippen molar-refractivity contribution < 1.29 is 4.74 Å². The molecule has 0 saturated carbocycles. The van der Waals surface area contributed by atoms with Gasteiger partial charge in [-0.1, -0.05) is 0 Å². The van der Waals surface area contributed by atoms with Gasteiger partial charge in [0, 0.05) is 36.1 Å². The number of rotatable bonds is 6. The molecule has 0 fully saturated rings. The number of nitrogens with two attached hydrogens (primary N) is 1. The van der Waals surface area contributed by atoms with E-state index < -0.39 is 0 Å². The molecule has 2 aromatic rings.